The van der Waals surface area contributed by atoms with Crippen LogP contribution in [0.4, 0.5) is 5.00 Å². The summed E-state index contributed by atoms with van der Waals surface area (Å²) in [7, 11) is 0. The molecule has 0 radical (unpaired) electrons. The highest BCUT2D eigenvalue weighted by Gasteiger charge is 2.34. The summed E-state index contributed by atoms with van der Waals surface area (Å²) in [5, 5.41) is 20.5. The van der Waals surface area contributed by atoms with Gasteiger partial charge < -0.3 is 25.2 Å². The van der Waals surface area contributed by atoms with Crippen LogP contribution in [0.25, 0.3) is 0 Å². The number of anilines is 1. The predicted molar refractivity (Wildman–Crippen MR) is 101 cm³/mol. The molecule has 1 aromatic carbocycles. The van der Waals surface area contributed by atoms with Gasteiger partial charge >= 0.3 is 17.8 Å². The quantitative estimate of drug-likeness (QED) is 0.644. The average molecular weight is 416 g/mol. The van der Waals surface area contributed by atoms with Crippen molar-refractivity contribution in [1.29, 1.82) is 0 Å². The molecule has 1 aromatic heterocycles. The third-order valence-electron chi connectivity index (χ3n) is 4.93. The summed E-state index contributed by atoms with van der Waals surface area (Å²) in [6.07, 6.45) is -0.159. The fourth-order valence-electron chi connectivity index (χ4n) is 3.62. The number of amides is 2. The Kier molecular flexibility index (Phi) is 4.81. The van der Waals surface area contributed by atoms with Crippen LogP contribution in [-0.2, 0) is 33.9 Å². The zero-order chi connectivity index (χ0) is 20.7. The summed E-state index contributed by atoms with van der Waals surface area (Å²) < 4.78 is 5.81. The molecule has 2 aliphatic rings. The van der Waals surface area contributed by atoms with Crippen LogP contribution < -0.4 is 5.32 Å². The summed E-state index contributed by atoms with van der Waals surface area (Å²) in [6, 6.07) is 7.35. The summed E-state index contributed by atoms with van der Waals surface area (Å²) in [5.74, 6) is -4.35. The first kappa shape index (κ1) is 19.1. The molecule has 3 heterocycles. The number of hydrogen-bond acceptors (Lipinski definition) is 6. The largest absolute Gasteiger partial charge is 0.478 e. The molecule has 0 bridgehead atoms. The maximum atomic E-state index is 12.6. The molecule has 0 saturated carbocycles. The molecule has 10 heteroatoms. The van der Waals surface area contributed by atoms with Crippen LogP contribution in [0.1, 0.15) is 36.7 Å². The second-order valence-corrected chi connectivity index (χ2v) is 7.86. The molecule has 3 N–H and O–H groups in total. The minimum absolute atomic E-state index is 0.0243. The SMILES string of the molecule is O=C(O)C(=O)Nc1sc2c(c1C(=O)O)CC(CN1Cc3ccccc3C1=O)OC2. The predicted octanol–water partition coefficient (Wildman–Crippen LogP) is 1.57. The van der Waals surface area contributed by atoms with E-state index in [2.05, 4.69) is 5.32 Å². The molecule has 0 aliphatic carbocycles. The Morgan fingerprint density at radius 2 is 2.00 bits per heavy atom. The molecule has 0 spiro atoms. The average Bonchev–Trinajstić information content (AvgIpc) is 3.19. The van der Waals surface area contributed by atoms with Gasteiger partial charge in [0.1, 0.15) is 5.00 Å². The number of carbonyl (C=O) groups excluding carboxylic acids is 2. The van der Waals surface area contributed by atoms with Gasteiger partial charge in [0.2, 0.25) is 0 Å². The van der Waals surface area contributed by atoms with Crippen molar-refractivity contribution in [3.63, 3.8) is 0 Å². The number of fused-ring (bicyclic) bond motifs is 2. The van der Waals surface area contributed by atoms with E-state index in [-0.39, 0.29) is 29.5 Å². The van der Waals surface area contributed by atoms with Gasteiger partial charge in [-0.25, -0.2) is 9.59 Å². The molecule has 0 fully saturated rings. The molecular formula is C19H16N2O7S. The van der Waals surface area contributed by atoms with Crippen molar-refractivity contribution in [2.75, 3.05) is 11.9 Å². The Balaban J connectivity index is 1.53. The number of ether oxygens (including phenoxy) is 1. The van der Waals surface area contributed by atoms with E-state index in [0.29, 0.717) is 29.1 Å². The van der Waals surface area contributed by atoms with E-state index in [4.69, 9.17) is 9.84 Å². The summed E-state index contributed by atoms with van der Waals surface area (Å²) in [6.45, 7) is 0.901. The minimum atomic E-state index is -1.70. The Hall–Kier alpha value is -3.24. The van der Waals surface area contributed by atoms with Crippen molar-refractivity contribution in [2.24, 2.45) is 0 Å². The van der Waals surface area contributed by atoms with E-state index in [9.17, 15) is 24.3 Å². The number of aliphatic carboxylic acids is 1. The second-order valence-electron chi connectivity index (χ2n) is 6.75. The van der Waals surface area contributed by atoms with E-state index in [1.165, 1.54) is 0 Å². The van der Waals surface area contributed by atoms with Crippen molar-refractivity contribution in [2.45, 2.75) is 25.7 Å². The molecule has 150 valence electrons. The number of hydrogen-bond donors (Lipinski definition) is 3. The molecule has 1 unspecified atom stereocenters. The second kappa shape index (κ2) is 7.30. The van der Waals surface area contributed by atoms with Crippen molar-refractivity contribution >= 4 is 40.1 Å². The maximum absolute atomic E-state index is 12.6. The number of benzene rings is 1. The van der Waals surface area contributed by atoms with Crippen molar-refractivity contribution in [3.05, 3.63) is 51.4 Å². The lowest BCUT2D eigenvalue weighted by Gasteiger charge is -2.27. The van der Waals surface area contributed by atoms with Crippen LogP contribution in [0.2, 0.25) is 0 Å². The van der Waals surface area contributed by atoms with Crippen LogP contribution in [0.3, 0.4) is 0 Å². The summed E-state index contributed by atoms with van der Waals surface area (Å²) in [5.41, 5.74) is 1.98. The lowest BCUT2D eigenvalue weighted by molar-refractivity contribution is -0.147. The molecular weight excluding hydrogens is 400 g/mol. The van der Waals surface area contributed by atoms with Gasteiger partial charge in [-0.05, 0) is 17.2 Å². The van der Waals surface area contributed by atoms with Crippen LogP contribution in [0.15, 0.2) is 24.3 Å². The van der Waals surface area contributed by atoms with Crippen molar-refractivity contribution < 1.29 is 34.1 Å². The Morgan fingerprint density at radius 1 is 1.24 bits per heavy atom. The van der Waals surface area contributed by atoms with E-state index >= 15 is 0 Å². The number of carboxylic acid groups (broad SMARTS) is 2. The van der Waals surface area contributed by atoms with E-state index < -0.39 is 23.9 Å². The normalized spacial score (nSPS) is 17.6. The number of carboxylic acids is 2. The lowest BCUT2D eigenvalue weighted by Crippen LogP contribution is -2.37. The first-order chi connectivity index (χ1) is 13.8. The Bertz CT molecular complexity index is 1050. The first-order valence-corrected chi connectivity index (χ1v) is 9.57. The van der Waals surface area contributed by atoms with Gasteiger partial charge in [0, 0.05) is 30.0 Å². The van der Waals surface area contributed by atoms with Crippen LogP contribution >= 0.6 is 11.3 Å². The zero-order valence-electron chi connectivity index (χ0n) is 15.0. The molecule has 29 heavy (non-hydrogen) atoms. The fraction of sp³-hybridized carbons (Fsp3) is 0.263. The van der Waals surface area contributed by atoms with Crippen molar-refractivity contribution in [1.82, 2.24) is 4.90 Å². The molecule has 2 aliphatic heterocycles. The Labute approximate surface area is 168 Å². The van der Waals surface area contributed by atoms with E-state index in [1.54, 1.807) is 17.0 Å². The Morgan fingerprint density at radius 3 is 2.69 bits per heavy atom. The summed E-state index contributed by atoms with van der Waals surface area (Å²) >= 11 is 0.989. The van der Waals surface area contributed by atoms with Crippen LogP contribution in [0.5, 0.6) is 0 Å². The highest BCUT2D eigenvalue weighted by atomic mass is 32.1. The smallest absolute Gasteiger partial charge is 0.394 e. The third kappa shape index (κ3) is 3.47. The number of nitrogens with one attached hydrogen (secondary N) is 1. The maximum Gasteiger partial charge on any atom is 0.394 e. The molecule has 1 atom stereocenters. The highest BCUT2D eigenvalue weighted by Crippen LogP contribution is 2.38. The zero-order valence-corrected chi connectivity index (χ0v) is 15.8. The lowest BCUT2D eigenvalue weighted by atomic mass is 10.0. The van der Waals surface area contributed by atoms with E-state index in [0.717, 1.165) is 16.9 Å². The van der Waals surface area contributed by atoms with Gasteiger partial charge in [-0.15, -0.1) is 11.3 Å². The number of thiophene rings is 1. The monoisotopic (exact) mass is 416 g/mol. The van der Waals surface area contributed by atoms with Gasteiger partial charge in [-0.3, -0.25) is 9.59 Å². The highest BCUT2D eigenvalue weighted by molar-refractivity contribution is 7.17. The summed E-state index contributed by atoms with van der Waals surface area (Å²) in [4.78, 5) is 48.9. The topological polar surface area (TPSA) is 133 Å². The number of rotatable bonds is 4. The standard InChI is InChI=1S/C19H16N2O7S/c22-15(19(26)27)20-16-14(18(24)25)12-5-10(28-8-13(12)29-16)7-21-6-9-3-1-2-4-11(9)17(21)23/h1-4,10H,5-8H2,(H,20,22)(H,24,25)(H,26,27). The van der Waals surface area contributed by atoms with Crippen LogP contribution in [0, 0.1) is 0 Å². The first-order valence-electron chi connectivity index (χ1n) is 8.76. The van der Waals surface area contributed by atoms with E-state index in [1.807, 2.05) is 12.1 Å². The molecule has 2 amide bonds. The van der Waals surface area contributed by atoms with Gasteiger partial charge in [0.25, 0.3) is 5.91 Å². The molecule has 4 rings (SSSR count). The fourth-order valence-corrected chi connectivity index (χ4v) is 4.76. The third-order valence-corrected chi connectivity index (χ3v) is 6.05. The number of carbonyl (C=O) groups is 4. The van der Waals surface area contributed by atoms with Gasteiger partial charge in [0.15, 0.2) is 0 Å². The minimum Gasteiger partial charge on any atom is -0.478 e. The van der Waals surface area contributed by atoms with Gasteiger partial charge in [-0.1, -0.05) is 18.2 Å². The molecule has 0 saturated heterocycles. The van der Waals surface area contributed by atoms with Gasteiger partial charge in [0.05, 0.1) is 18.3 Å². The molecule has 2 aromatic rings. The van der Waals surface area contributed by atoms with Crippen molar-refractivity contribution in [3.8, 4) is 0 Å². The van der Waals surface area contributed by atoms with Crippen LogP contribution in [-0.4, -0.2) is 51.5 Å². The number of nitrogens with zero attached hydrogens (tertiary/aromatic N) is 1. The molecule has 9 nitrogen and oxygen atoms in total. The van der Waals surface area contributed by atoms with Gasteiger partial charge in [-0.2, -0.15) is 0 Å². The number of aromatic carboxylic acids is 1.